The largest absolute Gasteiger partial charge is 0.349 e. The molecule has 1 aliphatic carbocycles. The van der Waals surface area contributed by atoms with Gasteiger partial charge in [0.2, 0.25) is 0 Å². The second-order valence-electron chi connectivity index (χ2n) is 5.04. The van der Waals surface area contributed by atoms with Gasteiger partial charge in [0.15, 0.2) is 5.69 Å². The van der Waals surface area contributed by atoms with E-state index >= 15 is 0 Å². The Morgan fingerprint density at radius 3 is 2.95 bits per heavy atom. The van der Waals surface area contributed by atoms with Crippen molar-refractivity contribution in [3.8, 4) is 5.69 Å². The first-order chi connectivity index (χ1) is 10.2. The van der Waals surface area contributed by atoms with Crippen molar-refractivity contribution in [2.24, 2.45) is 5.73 Å². The minimum absolute atomic E-state index is 0.242. The maximum atomic E-state index is 14.0. The predicted octanol–water partition coefficient (Wildman–Crippen LogP) is 1.19. The van der Waals surface area contributed by atoms with Crippen LogP contribution in [0, 0.1) is 5.82 Å². The number of nitrogens with two attached hydrogens (primary N) is 1. The summed E-state index contributed by atoms with van der Waals surface area (Å²) in [5, 5.41) is 7.06. The fraction of sp³-hybridized carbons (Fsp3) is 0.333. The molecule has 1 amide bonds. The van der Waals surface area contributed by atoms with Gasteiger partial charge in [0.05, 0.1) is 0 Å². The van der Waals surface area contributed by atoms with Crippen molar-refractivity contribution < 1.29 is 9.18 Å². The smallest absolute Gasteiger partial charge is 0.272 e. The van der Waals surface area contributed by atoms with E-state index in [1.165, 1.54) is 6.07 Å². The molecule has 6 heteroatoms. The molecule has 3 N–H and O–H groups in total. The van der Waals surface area contributed by atoms with E-state index in [1.807, 2.05) is 0 Å². The minimum Gasteiger partial charge on any atom is -0.349 e. The van der Waals surface area contributed by atoms with Crippen molar-refractivity contribution in [2.45, 2.75) is 19.3 Å². The maximum absolute atomic E-state index is 14.0. The van der Waals surface area contributed by atoms with E-state index in [9.17, 15) is 9.18 Å². The Balaban J connectivity index is 2.04. The normalized spacial score (nSPS) is 13.2. The van der Waals surface area contributed by atoms with Crippen molar-refractivity contribution in [1.82, 2.24) is 15.1 Å². The summed E-state index contributed by atoms with van der Waals surface area (Å²) in [5.41, 5.74) is 8.02. The first-order valence-electron chi connectivity index (χ1n) is 7.06. The van der Waals surface area contributed by atoms with Gasteiger partial charge in [-0.1, -0.05) is 12.1 Å². The Labute approximate surface area is 121 Å². The van der Waals surface area contributed by atoms with Crippen molar-refractivity contribution >= 4 is 5.91 Å². The van der Waals surface area contributed by atoms with Crippen LogP contribution < -0.4 is 11.1 Å². The van der Waals surface area contributed by atoms with Crippen LogP contribution in [0.1, 0.15) is 28.2 Å². The Bertz CT molecular complexity index is 680. The number of amides is 1. The predicted molar refractivity (Wildman–Crippen MR) is 76.9 cm³/mol. The highest BCUT2D eigenvalue weighted by atomic mass is 19.1. The lowest BCUT2D eigenvalue weighted by molar-refractivity contribution is 0.0948. The van der Waals surface area contributed by atoms with E-state index in [1.54, 1.807) is 22.9 Å². The molecule has 21 heavy (non-hydrogen) atoms. The molecule has 0 aliphatic heterocycles. The number of nitrogens with zero attached hydrogens (tertiary/aromatic N) is 2. The lowest BCUT2D eigenvalue weighted by Gasteiger charge is -2.06. The van der Waals surface area contributed by atoms with Gasteiger partial charge in [-0.05, 0) is 31.4 Å². The third kappa shape index (κ3) is 2.42. The second kappa shape index (κ2) is 5.65. The average Bonchev–Trinajstić information content (AvgIpc) is 3.07. The summed E-state index contributed by atoms with van der Waals surface area (Å²) in [5.74, 6) is -0.586. The van der Waals surface area contributed by atoms with Crippen LogP contribution in [0.15, 0.2) is 24.3 Å². The number of hydrogen-bond acceptors (Lipinski definition) is 3. The summed E-state index contributed by atoms with van der Waals surface area (Å²) in [7, 11) is 0. The fourth-order valence-electron chi connectivity index (χ4n) is 2.71. The molecule has 0 atom stereocenters. The number of aromatic nitrogens is 2. The fourth-order valence-corrected chi connectivity index (χ4v) is 2.71. The number of nitrogens with one attached hydrogen (secondary N) is 1. The SMILES string of the molecule is NCCNC(=O)c1nn(-c2ccccc2F)c2c1CCC2. The van der Waals surface area contributed by atoms with E-state index in [2.05, 4.69) is 10.4 Å². The Morgan fingerprint density at radius 2 is 2.19 bits per heavy atom. The summed E-state index contributed by atoms with van der Waals surface area (Å²) in [6, 6.07) is 6.46. The summed E-state index contributed by atoms with van der Waals surface area (Å²) >= 11 is 0. The van der Waals surface area contributed by atoms with Crippen LogP contribution in [0.5, 0.6) is 0 Å². The first kappa shape index (κ1) is 13.8. The topological polar surface area (TPSA) is 72.9 Å². The highest BCUT2D eigenvalue weighted by molar-refractivity contribution is 5.94. The second-order valence-corrected chi connectivity index (χ2v) is 5.04. The van der Waals surface area contributed by atoms with E-state index < -0.39 is 0 Å². The first-order valence-corrected chi connectivity index (χ1v) is 7.06. The zero-order chi connectivity index (χ0) is 14.8. The van der Waals surface area contributed by atoms with E-state index in [-0.39, 0.29) is 11.7 Å². The molecule has 0 spiro atoms. The van der Waals surface area contributed by atoms with Crippen LogP contribution in [0.3, 0.4) is 0 Å². The van der Waals surface area contributed by atoms with Gasteiger partial charge in [-0.25, -0.2) is 9.07 Å². The van der Waals surface area contributed by atoms with Gasteiger partial charge in [-0.3, -0.25) is 4.79 Å². The molecule has 5 nitrogen and oxygen atoms in total. The van der Waals surface area contributed by atoms with Gasteiger partial charge < -0.3 is 11.1 Å². The van der Waals surface area contributed by atoms with Gasteiger partial charge in [-0.2, -0.15) is 5.10 Å². The number of fused-ring (bicyclic) bond motifs is 1. The van der Waals surface area contributed by atoms with Gasteiger partial charge in [0.1, 0.15) is 11.5 Å². The molecular weight excluding hydrogens is 271 g/mol. The lowest BCUT2D eigenvalue weighted by atomic mass is 10.2. The Hall–Kier alpha value is -2.21. The molecule has 1 aliphatic rings. The van der Waals surface area contributed by atoms with Crippen LogP contribution in [0.2, 0.25) is 0 Å². The lowest BCUT2D eigenvalue weighted by Crippen LogP contribution is -2.30. The number of halogens is 1. The van der Waals surface area contributed by atoms with E-state index in [0.29, 0.717) is 24.5 Å². The third-order valence-electron chi connectivity index (χ3n) is 3.66. The standard InChI is InChI=1S/C15H17FN4O/c16-11-5-1-2-6-13(11)20-12-7-3-4-10(12)14(19-20)15(21)18-9-8-17/h1-2,5-6H,3-4,7-9,17H2,(H,18,21). The van der Waals surface area contributed by atoms with E-state index in [4.69, 9.17) is 5.73 Å². The quantitative estimate of drug-likeness (QED) is 0.887. The zero-order valence-electron chi connectivity index (χ0n) is 11.6. The molecule has 0 fully saturated rings. The summed E-state index contributed by atoms with van der Waals surface area (Å²) < 4.78 is 15.5. The highest BCUT2D eigenvalue weighted by Crippen LogP contribution is 2.28. The van der Waals surface area contributed by atoms with Gasteiger partial charge in [0, 0.05) is 24.3 Å². The number of para-hydroxylation sites is 1. The summed E-state index contributed by atoms with van der Waals surface area (Å²) in [6.45, 7) is 0.780. The molecule has 0 bridgehead atoms. The number of hydrogen-bond donors (Lipinski definition) is 2. The molecule has 1 aromatic carbocycles. The van der Waals surface area contributed by atoms with Gasteiger partial charge >= 0.3 is 0 Å². The summed E-state index contributed by atoms with van der Waals surface area (Å²) in [6.07, 6.45) is 2.56. The highest BCUT2D eigenvalue weighted by Gasteiger charge is 2.27. The van der Waals surface area contributed by atoms with Crippen LogP contribution in [0.4, 0.5) is 4.39 Å². The van der Waals surface area contributed by atoms with Crippen molar-refractivity contribution in [3.63, 3.8) is 0 Å². The van der Waals surface area contributed by atoms with Crippen molar-refractivity contribution in [3.05, 3.63) is 47.0 Å². The summed E-state index contributed by atoms with van der Waals surface area (Å²) in [4.78, 5) is 12.2. The van der Waals surface area contributed by atoms with Crippen LogP contribution in [-0.4, -0.2) is 28.8 Å². The van der Waals surface area contributed by atoms with E-state index in [0.717, 1.165) is 30.5 Å². The molecule has 0 radical (unpaired) electrons. The molecular formula is C15H17FN4O. The number of carbonyl (C=O) groups excluding carboxylic acids is 1. The van der Waals surface area contributed by atoms with Crippen LogP contribution in [-0.2, 0) is 12.8 Å². The number of rotatable bonds is 4. The molecule has 1 aromatic heterocycles. The minimum atomic E-state index is -0.344. The maximum Gasteiger partial charge on any atom is 0.272 e. The molecule has 3 rings (SSSR count). The number of benzene rings is 1. The van der Waals surface area contributed by atoms with Crippen molar-refractivity contribution in [2.75, 3.05) is 13.1 Å². The monoisotopic (exact) mass is 288 g/mol. The van der Waals surface area contributed by atoms with Crippen molar-refractivity contribution in [1.29, 1.82) is 0 Å². The average molecular weight is 288 g/mol. The third-order valence-corrected chi connectivity index (χ3v) is 3.66. The molecule has 110 valence electrons. The Morgan fingerprint density at radius 1 is 1.38 bits per heavy atom. The molecule has 2 aromatic rings. The van der Waals surface area contributed by atoms with Gasteiger partial charge in [-0.15, -0.1) is 0 Å². The van der Waals surface area contributed by atoms with Gasteiger partial charge in [0.25, 0.3) is 5.91 Å². The Kier molecular flexibility index (Phi) is 3.70. The zero-order valence-corrected chi connectivity index (χ0v) is 11.6. The number of carbonyl (C=O) groups is 1. The van der Waals surface area contributed by atoms with Crippen LogP contribution >= 0.6 is 0 Å². The molecule has 0 unspecified atom stereocenters. The van der Waals surface area contributed by atoms with Crippen LogP contribution in [0.25, 0.3) is 5.69 Å². The molecule has 1 heterocycles. The molecule has 0 saturated heterocycles. The molecule has 0 saturated carbocycles.